The molecule has 1 aliphatic rings. The Kier molecular flexibility index (Phi) is 7.63. The number of carbonyl (C=O) groups excluding carboxylic acids is 1. The molecule has 1 N–H and O–H groups in total. The van der Waals surface area contributed by atoms with Crippen molar-refractivity contribution in [1.29, 1.82) is 0 Å². The molecule has 0 fully saturated rings. The minimum absolute atomic E-state index is 0.0820. The normalized spacial score (nSPS) is 18.4. The lowest BCUT2D eigenvalue weighted by atomic mass is 9.88. The molecule has 1 amide bonds. The number of ether oxygens (including phenoxy) is 1. The van der Waals surface area contributed by atoms with Crippen molar-refractivity contribution in [2.45, 2.75) is 23.6 Å². The summed E-state index contributed by atoms with van der Waals surface area (Å²) in [6.45, 7) is 1.11. The van der Waals surface area contributed by atoms with Crippen LogP contribution in [-0.4, -0.2) is 60.0 Å². The maximum Gasteiger partial charge on any atom is 0.255 e. The number of amides is 1. The van der Waals surface area contributed by atoms with Gasteiger partial charge in [0.25, 0.3) is 5.91 Å². The maximum atomic E-state index is 14.0. The van der Waals surface area contributed by atoms with Gasteiger partial charge in [-0.1, -0.05) is 112 Å². The number of H-pyrrole nitrogens is 1. The summed E-state index contributed by atoms with van der Waals surface area (Å²) in [5, 5.41) is 15.1. The number of carbonyl (C=O) groups is 1. The Morgan fingerprint density at radius 3 is 2.51 bits per heavy atom. The second-order valence-corrected chi connectivity index (χ2v) is 11.1. The first-order chi connectivity index (χ1) is 20.0. The van der Waals surface area contributed by atoms with Gasteiger partial charge < -0.3 is 14.2 Å². The van der Waals surface area contributed by atoms with Crippen LogP contribution in [0.25, 0.3) is 16.5 Å². The third-order valence-corrected chi connectivity index (χ3v) is 8.39. The number of nitrogens with one attached hydrogen (secondary N) is 1. The standard InChI is InChI=1S/C32H29BrN6O2/c1-38(31(40)27-20-39(19-23-10-4-2-5-11-23)28-15-9-8-14-26(27)28)22-32(41-21-30-34-36-37-35-30)17-16-25(18-29(32)33)24-12-6-3-7-13-24/h2-18,20,29H,19,21-22H2,1H3,(H,34,35,36,37). The first kappa shape index (κ1) is 26.9. The van der Waals surface area contributed by atoms with Crippen molar-refractivity contribution in [3.8, 4) is 0 Å². The molecule has 0 saturated heterocycles. The van der Waals surface area contributed by atoms with E-state index in [0.29, 0.717) is 24.5 Å². The van der Waals surface area contributed by atoms with E-state index in [2.05, 4.69) is 77.5 Å². The van der Waals surface area contributed by atoms with Crippen LogP contribution in [0.15, 0.2) is 109 Å². The lowest BCUT2D eigenvalue weighted by Crippen LogP contribution is -2.50. The SMILES string of the molecule is CN(CC1(OCc2nn[nH]n2)C=CC(c2ccccc2)=CC1Br)C(=O)c1cn(Cc2ccccc2)c2ccccc12. The highest BCUT2D eigenvalue weighted by atomic mass is 79.9. The summed E-state index contributed by atoms with van der Waals surface area (Å²) in [6.07, 6.45) is 8.15. The van der Waals surface area contributed by atoms with Gasteiger partial charge in [-0.3, -0.25) is 4.79 Å². The van der Waals surface area contributed by atoms with Gasteiger partial charge in [-0.15, -0.1) is 10.2 Å². The molecule has 6 rings (SSSR count). The number of likely N-dealkylation sites (N-methyl/N-ethyl adjacent to an activating group) is 1. The number of rotatable bonds is 9. The molecule has 41 heavy (non-hydrogen) atoms. The van der Waals surface area contributed by atoms with Gasteiger partial charge >= 0.3 is 0 Å². The smallest absolute Gasteiger partial charge is 0.255 e. The fourth-order valence-electron chi connectivity index (χ4n) is 5.23. The van der Waals surface area contributed by atoms with Gasteiger partial charge in [0.15, 0.2) is 5.82 Å². The van der Waals surface area contributed by atoms with Crippen LogP contribution in [-0.2, 0) is 17.9 Å². The van der Waals surface area contributed by atoms with Crippen LogP contribution < -0.4 is 0 Å². The number of allylic oxidation sites excluding steroid dienone is 2. The molecule has 2 atom stereocenters. The molecule has 2 heterocycles. The third-order valence-electron chi connectivity index (χ3n) is 7.35. The molecular formula is C32H29BrN6O2. The zero-order chi connectivity index (χ0) is 28.2. The molecule has 1 aliphatic carbocycles. The lowest BCUT2D eigenvalue weighted by Gasteiger charge is -2.39. The Morgan fingerprint density at radius 1 is 1.05 bits per heavy atom. The van der Waals surface area contributed by atoms with E-state index in [9.17, 15) is 4.79 Å². The molecule has 8 nitrogen and oxygen atoms in total. The molecule has 0 spiro atoms. The highest BCUT2D eigenvalue weighted by molar-refractivity contribution is 9.09. The van der Waals surface area contributed by atoms with Gasteiger partial charge in [-0.05, 0) is 28.8 Å². The Labute approximate surface area is 246 Å². The van der Waals surface area contributed by atoms with E-state index in [0.717, 1.165) is 22.0 Å². The van der Waals surface area contributed by atoms with E-state index >= 15 is 0 Å². The Balaban J connectivity index is 1.29. The van der Waals surface area contributed by atoms with Crippen molar-refractivity contribution in [1.82, 2.24) is 30.1 Å². The van der Waals surface area contributed by atoms with Crippen molar-refractivity contribution in [3.05, 3.63) is 132 Å². The highest BCUT2D eigenvalue weighted by Gasteiger charge is 2.40. The first-order valence-corrected chi connectivity index (χ1v) is 14.3. The van der Waals surface area contributed by atoms with Gasteiger partial charge in [0.1, 0.15) is 12.2 Å². The zero-order valence-electron chi connectivity index (χ0n) is 22.5. The van der Waals surface area contributed by atoms with Gasteiger partial charge in [0.2, 0.25) is 0 Å². The second kappa shape index (κ2) is 11.6. The van der Waals surface area contributed by atoms with Gasteiger partial charge in [-0.2, -0.15) is 5.21 Å². The number of aromatic amines is 1. The van der Waals surface area contributed by atoms with E-state index in [1.54, 1.807) is 4.90 Å². The number of aromatic nitrogens is 5. The monoisotopic (exact) mass is 608 g/mol. The summed E-state index contributed by atoms with van der Waals surface area (Å²) in [4.78, 5) is 15.5. The van der Waals surface area contributed by atoms with Crippen molar-refractivity contribution in [2.75, 3.05) is 13.6 Å². The quantitative estimate of drug-likeness (QED) is 0.219. The van der Waals surface area contributed by atoms with Crippen molar-refractivity contribution in [3.63, 3.8) is 0 Å². The van der Waals surface area contributed by atoms with E-state index < -0.39 is 5.60 Å². The number of para-hydroxylation sites is 1. The van der Waals surface area contributed by atoms with Crippen LogP contribution in [0.2, 0.25) is 0 Å². The third kappa shape index (κ3) is 5.64. The molecule has 9 heteroatoms. The molecule has 0 saturated carbocycles. The molecule has 206 valence electrons. The number of hydrogen-bond acceptors (Lipinski definition) is 5. The molecule has 0 bridgehead atoms. The predicted molar refractivity (Wildman–Crippen MR) is 162 cm³/mol. The highest BCUT2D eigenvalue weighted by Crippen LogP contribution is 2.36. The van der Waals surface area contributed by atoms with Gasteiger partial charge in [0, 0.05) is 30.7 Å². The van der Waals surface area contributed by atoms with Crippen LogP contribution in [0, 0.1) is 0 Å². The Morgan fingerprint density at radius 2 is 1.78 bits per heavy atom. The minimum Gasteiger partial charge on any atom is -0.359 e. The molecule has 2 aromatic heterocycles. The van der Waals surface area contributed by atoms with E-state index in [1.165, 1.54) is 5.56 Å². The molecular weight excluding hydrogens is 580 g/mol. The Hall–Kier alpha value is -4.34. The first-order valence-electron chi connectivity index (χ1n) is 13.4. The molecule has 0 radical (unpaired) electrons. The molecule has 2 unspecified atom stereocenters. The number of tetrazole rings is 1. The number of nitrogens with zero attached hydrogens (tertiary/aromatic N) is 5. The summed E-state index contributed by atoms with van der Waals surface area (Å²) < 4.78 is 8.61. The van der Waals surface area contributed by atoms with Gasteiger partial charge in [-0.25, -0.2) is 0 Å². The summed E-state index contributed by atoms with van der Waals surface area (Å²) in [6, 6.07) is 28.5. The number of fused-ring (bicyclic) bond motifs is 1. The fraction of sp³-hybridized carbons (Fsp3) is 0.188. The van der Waals surface area contributed by atoms with Crippen molar-refractivity contribution < 1.29 is 9.53 Å². The van der Waals surface area contributed by atoms with E-state index in [-0.39, 0.29) is 17.3 Å². The zero-order valence-corrected chi connectivity index (χ0v) is 24.1. The largest absolute Gasteiger partial charge is 0.359 e. The summed E-state index contributed by atoms with van der Waals surface area (Å²) in [5.41, 5.74) is 4.15. The fourth-order valence-corrected chi connectivity index (χ4v) is 5.95. The molecule has 3 aromatic carbocycles. The van der Waals surface area contributed by atoms with Crippen molar-refractivity contribution in [2.24, 2.45) is 0 Å². The molecule has 0 aliphatic heterocycles. The average Bonchev–Trinajstić information content (AvgIpc) is 3.66. The summed E-state index contributed by atoms with van der Waals surface area (Å²) >= 11 is 3.87. The van der Waals surface area contributed by atoms with Crippen LogP contribution >= 0.6 is 15.9 Å². The summed E-state index contributed by atoms with van der Waals surface area (Å²) in [7, 11) is 1.81. The maximum absolute atomic E-state index is 14.0. The van der Waals surface area contributed by atoms with Crippen LogP contribution in [0.5, 0.6) is 0 Å². The van der Waals surface area contributed by atoms with Crippen LogP contribution in [0.3, 0.4) is 0 Å². The number of alkyl halides is 1. The predicted octanol–water partition coefficient (Wildman–Crippen LogP) is 5.65. The topological polar surface area (TPSA) is 88.9 Å². The molecule has 5 aromatic rings. The van der Waals surface area contributed by atoms with E-state index in [4.69, 9.17) is 4.74 Å². The average molecular weight is 610 g/mol. The van der Waals surface area contributed by atoms with E-state index in [1.807, 2.05) is 80.0 Å². The van der Waals surface area contributed by atoms with Gasteiger partial charge in [0.05, 0.1) is 16.9 Å². The van der Waals surface area contributed by atoms with Crippen LogP contribution in [0.1, 0.15) is 27.3 Å². The number of hydrogen-bond donors (Lipinski definition) is 1. The van der Waals surface area contributed by atoms with Crippen molar-refractivity contribution >= 4 is 38.3 Å². The second-order valence-electron chi connectivity index (χ2n) is 10.1. The van der Waals surface area contributed by atoms with Crippen LogP contribution in [0.4, 0.5) is 0 Å². The number of halogens is 1. The number of benzene rings is 3. The Bertz CT molecular complexity index is 1700. The minimum atomic E-state index is -0.869. The lowest BCUT2D eigenvalue weighted by molar-refractivity contribution is -0.0318. The summed E-state index contributed by atoms with van der Waals surface area (Å²) in [5.74, 6) is 0.356.